The summed E-state index contributed by atoms with van der Waals surface area (Å²) in [6.45, 7) is 9.83. The van der Waals surface area contributed by atoms with Gasteiger partial charge in [-0.25, -0.2) is 4.98 Å². The van der Waals surface area contributed by atoms with Crippen LogP contribution in [0.5, 0.6) is 0 Å². The third-order valence-electron chi connectivity index (χ3n) is 6.81. The highest BCUT2D eigenvalue weighted by atomic mass is 16.5. The van der Waals surface area contributed by atoms with Gasteiger partial charge in [-0.15, -0.1) is 0 Å². The second kappa shape index (κ2) is 8.52. The average Bonchev–Trinajstić information content (AvgIpc) is 3.40. The molecule has 0 atom stereocenters. The summed E-state index contributed by atoms with van der Waals surface area (Å²) >= 11 is 0. The Morgan fingerprint density at radius 1 is 1.10 bits per heavy atom. The van der Waals surface area contributed by atoms with Crippen LogP contribution in [-0.2, 0) is 4.74 Å². The highest BCUT2D eigenvalue weighted by molar-refractivity contribution is 5.91. The number of nitrogens with one attached hydrogen (secondary N) is 1. The van der Waals surface area contributed by atoms with E-state index in [0.29, 0.717) is 12.0 Å². The van der Waals surface area contributed by atoms with Gasteiger partial charge in [0.25, 0.3) is 0 Å². The maximum Gasteiger partial charge on any atom is 0.158 e. The number of likely N-dealkylation sites (tertiary alicyclic amines) is 1. The number of ether oxygens (including phenoxy) is 1. The first kappa shape index (κ1) is 19.8. The molecular weight excluding hydrogens is 374 g/mol. The summed E-state index contributed by atoms with van der Waals surface area (Å²) in [4.78, 5) is 11.0. The lowest BCUT2D eigenvalue weighted by Gasteiger charge is -2.35. The minimum Gasteiger partial charge on any atom is -0.381 e. The number of H-pyrrole nitrogens is 1. The van der Waals surface area contributed by atoms with E-state index >= 15 is 0 Å². The van der Waals surface area contributed by atoms with Crippen molar-refractivity contribution in [3.8, 4) is 11.5 Å². The Kier molecular flexibility index (Phi) is 5.61. The normalized spacial score (nSPS) is 19.8. The van der Waals surface area contributed by atoms with Gasteiger partial charge in [-0.2, -0.15) is 5.10 Å². The summed E-state index contributed by atoms with van der Waals surface area (Å²) in [6.07, 6.45) is 6.89. The van der Waals surface area contributed by atoms with Crippen molar-refractivity contribution in [2.75, 3.05) is 32.8 Å². The second-order valence-electron chi connectivity index (χ2n) is 9.22. The molecule has 1 N–H and O–H groups in total. The maximum atomic E-state index is 5.51. The number of imidazole rings is 1. The molecule has 0 amide bonds. The Labute approximate surface area is 178 Å². The Morgan fingerprint density at radius 3 is 2.63 bits per heavy atom. The van der Waals surface area contributed by atoms with E-state index < -0.39 is 0 Å². The smallest absolute Gasteiger partial charge is 0.158 e. The Balaban J connectivity index is 1.28. The average molecular weight is 408 g/mol. The summed E-state index contributed by atoms with van der Waals surface area (Å²) < 4.78 is 7.61. The van der Waals surface area contributed by atoms with Crippen molar-refractivity contribution in [2.45, 2.75) is 51.5 Å². The molecule has 2 aromatic heterocycles. The van der Waals surface area contributed by atoms with Crippen molar-refractivity contribution in [1.82, 2.24) is 24.6 Å². The van der Waals surface area contributed by atoms with Crippen LogP contribution in [0, 0.1) is 5.92 Å². The molecule has 160 valence electrons. The molecule has 0 radical (unpaired) electrons. The van der Waals surface area contributed by atoms with E-state index in [0.717, 1.165) is 30.7 Å². The number of rotatable bonds is 5. The number of aromatic amines is 1. The summed E-state index contributed by atoms with van der Waals surface area (Å²) in [6, 6.07) is 8.76. The number of hydrogen-bond donors (Lipinski definition) is 1. The Bertz CT molecular complexity index is 977. The van der Waals surface area contributed by atoms with Crippen LogP contribution in [0.2, 0.25) is 0 Å². The minimum absolute atomic E-state index is 0.318. The van der Waals surface area contributed by atoms with Crippen LogP contribution in [0.15, 0.2) is 30.5 Å². The van der Waals surface area contributed by atoms with Gasteiger partial charge in [0, 0.05) is 49.0 Å². The van der Waals surface area contributed by atoms with Crippen molar-refractivity contribution >= 4 is 10.9 Å². The molecule has 2 fully saturated rings. The number of fused-ring (bicyclic) bond motifs is 1. The molecule has 0 aliphatic carbocycles. The molecule has 0 unspecified atom stereocenters. The number of piperidine rings is 1. The molecule has 2 aliphatic heterocycles. The number of benzene rings is 1. The number of nitrogens with zero attached hydrogens (tertiary/aromatic N) is 4. The number of para-hydroxylation sites is 1. The molecule has 4 heterocycles. The van der Waals surface area contributed by atoms with Gasteiger partial charge in [0.05, 0.1) is 5.52 Å². The first-order valence-corrected chi connectivity index (χ1v) is 11.5. The Morgan fingerprint density at radius 2 is 1.87 bits per heavy atom. The number of aromatic nitrogens is 4. The molecule has 0 saturated carbocycles. The van der Waals surface area contributed by atoms with E-state index in [1.807, 2.05) is 6.20 Å². The molecular formula is C24H33N5O. The topological polar surface area (TPSA) is 59.0 Å². The van der Waals surface area contributed by atoms with Gasteiger partial charge >= 0.3 is 0 Å². The lowest BCUT2D eigenvalue weighted by atomic mass is 9.92. The van der Waals surface area contributed by atoms with Gasteiger partial charge in [0.1, 0.15) is 5.69 Å². The molecule has 1 aromatic carbocycles. The fraction of sp³-hybridized carbons (Fsp3) is 0.583. The lowest BCUT2D eigenvalue weighted by molar-refractivity contribution is 0.0487. The predicted octanol–water partition coefficient (Wildman–Crippen LogP) is 4.61. The summed E-state index contributed by atoms with van der Waals surface area (Å²) in [7, 11) is 0. The summed E-state index contributed by atoms with van der Waals surface area (Å²) in [5, 5.41) is 6.06. The highest BCUT2D eigenvalue weighted by Gasteiger charge is 2.25. The van der Waals surface area contributed by atoms with E-state index in [-0.39, 0.29) is 0 Å². The summed E-state index contributed by atoms with van der Waals surface area (Å²) in [5.74, 6) is 2.28. The van der Waals surface area contributed by atoms with Crippen molar-refractivity contribution in [2.24, 2.45) is 5.92 Å². The predicted molar refractivity (Wildman–Crippen MR) is 120 cm³/mol. The van der Waals surface area contributed by atoms with E-state index in [1.54, 1.807) is 0 Å². The van der Waals surface area contributed by atoms with Crippen LogP contribution < -0.4 is 0 Å². The first-order chi connectivity index (χ1) is 14.7. The van der Waals surface area contributed by atoms with Crippen LogP contribution >= 0.6 is 0 Å². The van der Waals surface area contributed by atoms with Crippen molar-refractivity contribution in [3.05, 3.63) is 36.2 Å². The quantitative estimate of drug-likeness (QED) is 0.671. The zero-order valence-electron chi connectivity index (χ0n) is 18.2. The van der Waals surface area contributed by atoms with Gasteiger partial charge in [-0.05, 0) is 64.6 Å². The summed E-state index contributed by atoms with van der Waals surface area (Å²) in [5.41, 5.74) is 3.39. The monoisotopic (exact) mass is 407 g/mol. The molecule has 5 rings (SSSR count). The third kappa shape index (κ3) is 3.91. The fourth-order valence-corrected chi connectivity index (χ4v) is 5.04. The van der Waals surface area contributed by atoms with Gasteiger partial charge < -0.3 is 14.6 Å². The zero-order chi connectivity index (χ0) is 20.5. The fourth-order valence-electron chi connectivity index (χ4n) is 5.04. The van der Waals surface area contributed by atoms with E-state index in [9.17, 15) is 0 Å². The second-order valence-corrected chi connectivity index (χ2v) is 9.22. The van der Waals surface area contributed by atoms with Gasteiger partial charge in [0.15, 0.2) is 5.82 Å². The van der Waals surface area contributed by atoms with Crippen LogP contribution in [-0.4, -0.2) is 57.5 Å². The first-order valence-electron chi connectivity index (χ1n) is 11.5. The van der Waals surface area contributed by atoms with Crippen molar-refractivity contribution in [1.29, 1.82) is 0 Å². The molecule has 6 nitrogen and oxygen atoms in total. The molecule has 0 bridgehead atoms. The van der Waals surface area contributed by atoms with Crippen LogP contribution in [0.3, 0.4) is 0 Å². The standard InChI is InChI=1S/C24H33N5O/c1-17(2)29-22-6-4-3-5-20(22)23(27-29)24-25-15-21(26-24)19-7-11-28(12-8-19)16-18-9-13-30-14-10-18/h3-6,15,17-19H,7-14,16H2,1-2H3,(H,25,26). The van der Waals surface area contributed by atoms with E-state index in [4.69, 9.17) is 14.8 Å². The maximum absolute atomic E-state index is 5.51. The van der Waals surface area contributed by atoms with E-state index in [2.05, 4.69) is 52.7 Å². The molecule has 3 aromatic rings. The molecule has 0 spiro atoms. The minimum atomic E-state index is 0.318. The Hall–Kier alpha value is -2.18. The van der Waals surface area contributed by atoms with Crippen molar-refractivity contribution in [3.63, 3.8) is 0 Å². The molecule has 30 heavy (non-hydrogen) atoms. The number of hydrogen-bond acceptors (Lipinski definition) is 4. The van der Waals surface area contributed by atoms with E-state index in [1.165, 1.54) is 61.9 Å². The molecule has 2 saturated heterocycles. The highest BCUT2D eigenvalue weighted by Crippen LogP contribution is 2.32. The lowest BCUT2D eigenvalue weighted by Crippen LogP contribution is -2.38. The zero-order valence-corrected chi connectivity index (χ0v) is 18.2. The molecule has 6 heteroatoms. The molecule has 2 aliphatic rings. The largest absolute Gasteiger partial charge is 0.381 e. The van der Waals surface area contributed by atoms with Crippen LogP contribution in [0.25, 0.3) is 22.4 Å². The van der Waals surface area contributed by atoms with Gasteiger partial charge in [-0.3, -0.25) is 4.68 Å². The van der Waals surface area contributed by atoms with Gasteiger partial charge in [0.2, 0.25) is 0 Å². The SMILES string of the molecule is CC(C)n1nc(-c2ncc(C3CCN(CC4CCOCC4)CC3)[nH]2)c2ccccc21. The third-order valence-corrected chi connectivity index (χ3v) is 6.81. The van der Waals surface area contributed by atoms with Crippen LogP contribution in [0.4, 0.5) is 0 Å². The van der Waals surface area contributed by atoms with Gasteiger partial charge in [-0.1, -0.05) is 18.2 Å². The van der Waals surface area contributed by atoms with Crippen LogP contribution in [0.1, 0.15) is 57.2 Å². The van der Waals surface area contributed by atoms with Crippen molar-refractivity contribution < 1.29 is 4.74 Å².